The Morgan fingerprint density at radius 2 is 1.62 bits per heavy atom. The van der Waals surface area contributed by atoms with Gasteiger partial charge in [-0.15, -0.1) is 0 Å². The van der Waals surface area contributed by atoms with Gasteiger partial charge in [0.05, 0.1) is 18.3 Å². The van der Waals surface area contributed by atoms with E-state index >= 15 is 0 Å². The molecule has 4 nitrogen and oxygen atoms in total. The fraction of sp³-hybridized carbons (Fsp3) is 0.0526. The molecule has 0 saturated carbocycles. The zero-order valence-electron chi connectivity index (χ0n) is 13.5. The van der Waals surface area contributed by atoms with Crippen molar-refractivity contribution in [3.63, 3.8) is 0 Å². The van der Waals surface area contributed by atoms with Gasteiger partial charge in [-0.05, 0) is 42.0 Å². The van der Waals surface area contributed by atoms with E-state index in [-0.39, 0.29) is 29.7 Å². The Labute approximate surface area is 147 Å². The third-order valence-electron chi connectivity index (χ3n) is 3.54. The summed E-state index contributed by atoms with van der Waals surface area (Å²) < 4.78 is 40.1. The van der Waals surface area contributed by atoms with Crippen LogP contribution in [-0.4, -0.2) is 10.9 Å². The number of pyridine rings is 1. The summed E-state index contributed by atoms with van der Waals surface area (Å²) in [5, 5.41) is 5.20. The average Bonchev–Trinajstić information content (AvgIpc) is 2.62. The first kappa shape index (κ1) is 17.5. The minimum absolute atomic E-state index is 0.0718. The highest BCUT2D eigenvalue weighted by molar-refractivity contribution is 5.91. The number of carbonyl (C=O) groups is 1. The molecule has 132 valence electrons. The predicted molar refractivity (Wildman–Crippen MR) is 92.6 cm³/mol. The van der Waals surface area contributed by atoms with Gasteiger partial charge in [0, 0.05) is 0 Å². The number of amides is 1. The molecule has 7 heteroatoms. The standard InChI is InChI=1S/C19H14F3N3O/c20-13-6-4-12(5-7-13)10-18(26)25-17-9-8-14(11-23-17)24-19-15(21)2-1-3-16(19)22/h1-9,11,24H,10H2,(H,23,25,26). The number of nitrogens with zero attached hydrogens (tertiary/aromatic N) is 1. The molecule has 0 aliphatic rings. The number of benzene rings is 2. The van der Waals surface area contributed by atoms with Crippen LogP contribution in [0.25, 0.3) is 0 Å². The largest absolute Gasteiger partial charge is 0.349 e. The lowest BCUT2D eigenvalue weighted by molar-refractivity contribution is -0.115. The molecule has 0 aliphatic heterocycles. The van der Waals surface area contributed by atoms with Crippen LogP contribution >= 0.6 is 0 Å². The molecular weight excluding hydrogens is 343 g/mol. The van der Waals surface area contributed by atoms with Crippen LogP contribution in [0.2, 0.25) is 0 Å². The van der Waals surface area contributed by atoms with Crippen LogP contribution in [-0.2, 0) is 11.2 Å². The van der Waals surface area contributed by atoms with Gasteiger partial charge < -0.3 is 10.6 Å². The van der Waals surface area contributed by atoms with Crippen molar-refractivity contribution >= 4 is 23.1 Å². The van der Waals surface area contributed by atoms with Crippen molar-refractivity contribution in [3.05, 3.63) is 83.8 Å². The summed E-state index contributed by atoms with van der Waals surface area (Å²) in [6, 6.07) is 12.2. The van der Waals surface area contributed by atoms with Gasteiger partial charge in [0.2, 0.25) is 5.91 Å². The lowest BCUT2D eigenvalue weighted by atomic mass is 10.1. The van der Waals surface area contributed by atoms with E-state index in [1.807, 2.05) is 0 Å². The SMILES string of the molecule is O=C(Cc1ccc(F)cc1)Nc1ccc(Nc2c(F)cccc2F)cn1. The molecule has 1 amide bonds. The topological polar surface area (TPSA) is 54.0 Å². The van der Waals surface area contributed by atoms with Crippen molar-refractivity contribution in [3.8, 4) is 0 Å². The van der Waals surface area contributed by atoms with E-state index in [9.17, 15) is 18.0 Å². The number of hydrogen-bond donors (Lipinski definition) is 2. The molecule has 0 unspecified atom stereocenters. The maximum absolute atomic E-state index is 13.6. The molecule has 0 aliphatic carbocycles. The highest BCUT2D eigenvalue weighted by Gasteiger charge is 2.09. The van der Waals surface area contributed by atoms with Crippen molar-refractivity contribution in [2.45, 2.75) is 6.42 Å². The lowest BCUT2D eigenvalue weighted by Gasteiger charge is -2.09. The monoisotopic (exact) mass is 357 g/mol. The number of aromatic nitrogens is 1. The Morgan fingerprint density at radius 1 is 0.923 bits per heavy atom. The van der Waals surface area contributed by atoms with Crippen LogP contribution in [0.1, 0.15) is 5.56 Å². The third kappa shape index (κ3) is 4.38. The molecule has 3 rings (SSSR count). The van der Waals surface area contributed by atoms with E-state index in [1.54, 1.807) is 0 Å². The first-order chi connectivity index (χ1) is 12.5. The molecule has 0 atom stereocenters. The molecule has 3 aromatic rings. The van der Waals surface area contributed by atoms with Crippen molar-refractivity contribution < 1.29 is 18.0 Å². The van der Waals surface area contributed by atoms with Crippen LogP contribution < -0.4 is 10.6 Å². The lowest BCUT2D eigenvalue weighted by Crippen LogP contribution is -2.15. The van der Waals surface area contributed by atoms with Crippen LogP contribution in [0, 0.1) is 17.5 Å². The van der Waals surface area contributed by atoms with E-state index in [2.05, 4.69) is 15.6 Å². The number of para-hydroxylation sites is 1. The second-order valence-corrected chi connectivity index (χ2v) is 5.51. The smallest absolute Gasteiger partial charge is 0.229 e. The molecule has 0 radical (unpaired) electrons. The highest BCUT2D eigenvalue weighted by Crippen LogP contribution is 2.23. The van der Waals surface area contributed by atoms with Gasteiger partial charge in [0.15, 0.2) is 0 Å². The zero-order chi connectivity index (χ0) is 18.5. The van der Waals surface area contributed by atoms with E-state index in [0.29, 0.717) is 11.3 Å². The zero-order valence-corrected chi connectivity index (χ0v) is 13.5. The van der Waals surface area contributed by atoms with Crippen LogP contribution in [0.15, 0.2) is 60.8 Å². The van der Waals surface area contributed by atoms with Crippen molar-refractivity contribution in [1.29, 1.82) is 0 Å². The van der Waals surface area contributed by atoms with Gasteiger partial charge in [-0.3, -0.25) is 4.79 Å². The van der Waals surface area contributed by atoms with Gasteiger partial charge in [-0.25, -0.2) is 18.2 Å². The van der Waals surface area contributed by atoms with Crippen LogP contribution in [0.3, 0.4) is 0 Å². The summed E-state index contributed by atoms with van der Waals surface area (Å²) in [5.41, 5.74) is 0.755. The number of nitrogens with one attached hydrogen (secondary N) is 2. The molecule has 2 N–H and O–H groups in total. The molecule has 0 saturated heterocycles. The maximum atomic E-state index is 13.6. The molecule has 1 heterocycles. The van der Waals surface area contributed by atoms with Crippen molar-refractivity contribution in [2.75, 3.05) is 10.6 Å². The summed E-state index contributed by atoms with van der Waals surface area (Å²) in [6.45, 7) is 0. The quantitative estimate of drug-likeness (QED) is 0.711. The fourth-order valence-electron chi connectivity index (χ4n) is 2.28. The normalized spacial score (nSPS) is 10.4. The second-order valence-electron chi connectivity index (χ2n) is 5.51. The third-order valence-corrected chi connectivity index (χ3v) is 3.54. The first-order valence-electron chi connectivity index (χ1n) is 7.72. The number of halogens is 3. The minimum Gasteiger partial charge on any atom is -0.349 e. The number of anilines is 3. The number of hydrogen-bond acceptors (Lipinski definition) is 3. The molecule has 26 heavy (non-hydrogen) atoms. The Bertz CT molecular complexity index is 892. The molecular formula is C19H14F3N3O. The molecule has 0 bridgehead atoms. The van der Waals surface area contributed by atoms with Gasteiger partial charge in [0.1, 0.15) is 29.0 Å². The fourth-order valence-corrected chi connectivity index (χ4v) is 2.28. The Morgan fingerprint density at radius 3 is 2.23 bits per heavy atom. The molecule has 1 aromatic heterocycles. The summed E-state index contributed by atoms with van der Waals surface area (Å²) in [7, 11) is 0. The average molecular weight is 357 g/mol. The molecule has 2 aromatic carbocycles. The summed E-state index contributed by atoms with van der Waals surface area (Å²) >= 11 is 0. The Balaban J connectivity index is 1.62. The van der Waals surface area contributed by atoms with E-state index in [1.165, 1.54) is 48.7 Å². The molecule has 0 spiro atoms. The summed E-state index contributed by atoms with van der Waals surface area (Å²) in [6.07, 6.45) is 1.42. The van der Waals surface area contributed by atoms with E-state index in [4.69, 9.17) is 0 Å². The van der Waals surface area contributed by atoms with Crippen molar-refractivity contribution in [2.24, 2.45) is 0 Å². The van der Waals surface area contributed by atoms with E-state index < -0.39 is 11.6 Å². The molecule has 0 fully saturated rings. The summed E-state index contributed by atoms with van der Waals surface area (Å²) in [5.74, 6) is -1.84. The Hall–Kier alpha value is -3.35. The van der Waals surface area contributed by atoms with Gasteiger partial charge >= 0.3 is 0 Å². The van der Waals surface area contributed by atoms with Gasteiger partial charge in [-0.2, -0.15) is 0 Å². The second kappa shape index (κ2) is 7.69. The highest BCUT2D eigenvalue weighted by atomic mass is 19.1. The van der Waals surface area contributed by atoms with Gasteiger partial charge in [0.25, 0.3) is 0 Å². The first-order valence-corrected chi connectivity index (χ1v) is 7.72. The maximum Gasteiger partial charge on any atom is 0.229 e. The number of carbonyl (C=O) groups excluding carboxylic acids is 1. The van der Waals surface area contributed by atoms with Crippen LogP contribution in [0.4, 0.5) is 30.4 Å². The summed E-state index contributed by atoms with van der Waals surface area (Å²) in [4.78, 5) is 16.0. The van der Waals surface area contributed by atoms with Crippen molar-refractivity contribution in [1.82, 2.24) is 4.98 Å². The van der Waals surface area contributed by atoms with Crippen LogP contribution in [0.5, 0.6) is 0 Å². The Kier molecular flexibility index (Phi) is 5.17. The van der Waals surface area contributed by atoms with E-state index in [0.717, 1.165) is 12.1 Å². The van der Waals surface area contributed by atoms with Gasteiger partial charge in [-0.1, -0.05) is 18.2 Å². The number of rotatable bonds is 5. The predicted octanol–water partition coefficient (Wildman–Crippen LogP) is 4.42. The minimum atomic E-state index is -0.721.